The molecular weight excluding hydrogens is 288 g/mol. The maximum absolute atomic E-state index is 11.6. The fraction of sp³-hybridized carbons (Fsp3) is 0.429. The molecular formula is C14H18N4O2S. The normalized spacial score (nSPS) is 18.0. The zero-order valence-electron chi connectivity index (χ0n) is 11.7. The molecule has 0 radical (unpaired) electrons. The van der Waals surface area contributed by atoms with Gasteiger partial charge in [-0.05, 0) is 18.7 Å². The van der Waals surface area contributed by atoms with Crippen molar-refractivity contribution in [3.63, 3.8) is 0 Å². The number of para-hydroxylation sites is 1. The molecule has 2 N–H and O–H groups in total. The molecule has 7 heteroatoms. The Labute approximate surface area is 123 Å². The topological polar surface area (TPSA) is 89.2 Å². The molecule has 1 aromatic heterocycles. The van der Waals surface area contributed by atoms with E-state index in [0.29, 0.717) is 31.9 Å². The van der Waals surface area contributed by atoms with Gasteiger partial charge < -0.3 is 10.6 Å². The summed E-state index contributed by atoms with van der Waals surface area (Å²) in [5.74, 6) is 1.88. The highest BCUT2D eigenvalue weighted by molar-refractivity contribution is 7.91. The second kappa shape index (κ2) is 5.57. The SMILES string of the molecule is NCCc1nc(N2CCS(=O)(=O)CC2)c2ccccc2n1. The summed E-state index contributed by atoms with van der Waals surface area (Å²) in [5.41, 5.74) is 6.47. The molecule has 2 aromatic rings. The van der Waals surface area contributed by atoms with Crippen LogP contribution in [0.25, 0.3) is 10.9 Å². The molecule has 3 rings (SSSR count). The van der Waals surface area contributed by atoms with E-state index in [1.165, 1.54) is 0 Å². The largest absolute Gasteiger partial charge is 0.354 e. The number of fused-ring (bicyclic) bond motifs is 1. The van der Waals surface area contributed by atoms with Crippen molar-refractivity contribution >= 4 is 26.6 Å². The van der Waals surface area contributed by atoms with E-state index in [0.717, 1.165) is 16.7 Å². The Morgan fingerprint density at radius 2 is 1.86 bits per heavy atom. The van der Waals surface area contributed by atoms with E-state index in [4.69, 9.17) is 5.73 Å². The number of sulfone groups is 1. The van der Waals surface area contributed by atoms with Gasteiger partial charge in [0.1, 0.15) is 11.6 Å². The van der Waals surface area contributed by atoms with Crippen LogP contribution in [0.1, 0.15) is 5.82 Å². The van der Waals surface area contributed by atoms with Gasteiger partial charge in [0.15, 0.2) is 9.84 Å². The van der Waals surface area contributed by atoms with Crippen molar-refractivity contribution in [3.8, 4) is 0 Å². The van der Waals surface area contributed by atoms with Crippen molar-refractivity contribution in [2.45, 2.75) is 6.42 Å². The number of anilines is 1. The van der Waals surface area contributed by atoms with Gasteiger partial charge in [-0.1, -0.05) is 12.1 Å². The number of aromatic nitrogens is 2. The standard InChI is InChI=1S/C14H18N4O2S/c15-6-5-13-16-12-4-2-1-3-11(12)14(17-13)18-7-9-21(19,20)10-8-18/h1-4H,5-10,15H2. The van der Waals surface area contributed by atoms with Gasteiger partial charge in [-0.15, -0.1) is 0 Å². The smallest absolute Gasteiger partial charge is 0.153 e. The predicted molar refractivity (Wildman–Crippen MR) is 83.2 cm³/mol. The number of hydrogen-bond acceptors (Lipinski definition) is 6. The predicted octanol–water partition coefficient (Wildman–Crippen LogP) is 0.366. The highest BCUT2D eigenvalue weighted by Crippen LogP contribution is 2.25. The summed E-state index contributed by atoms with van der Waals surface area (Å²) in [6.07, 6.45) is 0.615. The third kappa shape index (κ3) is 2.98. The van der Waals surface area contributed by atoms with Crippen LogP contribution in [-0.4, -0.2) is 49.5 Å². The van der Waals surface area contributed by atoms with Crippen LogP contribution in [0, 0.1) is 0 Å². The summed E-state index contributed by atoms with van der Waals surface area (Å²) in [4.78, 5) is 11.1. The van der Waals surface area contributed by atoms with E-state index < -0.39 is 9.84 Å². The van der Waals surface area contributed by atoms with Crippen molar-refractivity contribution in [1.29, 1.82) is 0 Å². The quantitative estimate of drug-likeness (QED) is 0.881. The van der Waals surface area contributed by atoms with Crippen LogP contribution in [0.4, 0.5) is 5.82 Å². The van der Waals surface area contributed by atoms with Crippen LogP contribution in [0.15, 0.2) is 24.3 Å². The molecule has 1 aliphatic rings. The molecule has 1 fully saturated rings. The molecule has 0 spiro atoms. The summed E-state index contributed by atoms with van der Waals surface area (Å²) in [5, 5.41) is 0.956. The number of benzene rings is 1. The molecule has 1 aromatic carbocycles. The molecule has 0 atom stereocenters. The van der Waals surface area contributed by atoms with Crippen LogP contribution in [0.2, 0.25) is 0 Å². The summed E-state index contributed by atoms with van der Waals surface area (Å²) < 4.78 is 23.2. The summed E-state index contributed by atoms with van der Waals surface area (Å²) in [6, 6.07) is 7.80. The lowest BCUT2D eigenvalue weighted by molar-refractivity contribution is 0.586. The van der Waals surface area contributed by atoms with Crippen LogP contribution in [0.3, 0.4) is 0 Å². The van der Waals surface area contributed by atoms with Gasteiger partial charge in [0, 0.05) is 24.9 Å². The van der Waals surface area contributed by atoms with E-state index in [1.54, 1.807) is 0 Å². The van der Waals surface area contributed by atoms with Gasteiger partial charge >= 0.3 is 0 Å². The Morgan fingerprint density at radius 3 is 2.57 bits per heavy atom. The summed E-state index contributed by atoms with van der Waals surface area (Å²) >= 11 is 0. The Kier molecular flexibility index (Phi) is 3.77. The monoisotopic (exact) mass is 306 g/mol. The highest BCUT2D eigenvalue weighted by Gasteiger charge is 2.24. The van der Waals surface area contributed by atoms with Gasteiger partial charge in [-0.2, -0.15) is 0 Å². The molecule has 0 bridgehead atoms. The molecule has 6 nitrogen and oxygen atoms in total. The third-order valence-corrected chi connectivity index (χ3v) is 5.25. The second-order valence-corrected chi connectivity index (χ2v) is 7.46. The van der Waals surface area contributed by atoms with Crippen LogP contribution in [-0.2, 0) is 16.3 Å². The van der Waals surface area contributed by atoms with Gasteiger partial charge in [-0.25, -0.2) is 18.4 Å². The molecule has 1 saturated heterocycles. The van der Waals surface area contributed by atoms with Gasteiger partial charge in [0.05, 0.1) is 17.0 Å². The van der Waals surface area contributed by atoms with Crippen molar-refractivity contribution in [1.82, 2.24) is 9.97 Å². The first-order chi connectivity index (χ1) is 10.1. The van der Waals surface area contributed by atoms with E-state index in [9.17, 15) is 8.42 Å². The number of nitrogens with two attached hydrogens (primary N) is 1. The molecule has 112 valence electrons. The molecule has 2 heterocycles. The summed E-state index contributed by atoms with van der Waals surface area (Å²) in [7, 11) is -2.90. The van der Waals surface area contributed by atoms with Gasteiger partial charge in [0.25, 0.3) is 0 Å². The molecule has 1 aliphatic heterocycles. The fourth-order valence-electron chi connectivity index (χ4n) is 2.51. The third-order valence-electron chi connectivity index (χ3n) is 3.64. The highest BCUT2D eigenvalue weighted by atomic mass is 32.2. The average Bonchev–Trinajstić information content (AvgIpc) is 2.47. The van der Waals surface area contributed by atoms with Crippen molar-refractivity contribution < 1.29 is 8.42 Å². The molecule has 0 amide bonds. The Hall–Kier alpha value is -1.73. The molecule has 0 saturated carbocycles. The fourth-order valence-corrected chi connectivity index (χ4v) is 3.71. The lowest BCUT2D eigenvalue weighted by Crippen LogP contribution is -2.41. The van der Waals surface area contributed by atoms with Crippen LogP contribution >= 0.6 is 0 Å². The summed E-state index contributed by atoms with van der Waals surface area (Å²) in [6.45, 7) is 1.45. The lowest BCUT2D eigenvalue weighted by atomic mass is 10.2. The van der Waals surface area contributed by atoms with E-state index >= 15 is 0 Å². The van der Waals surface area contributed by atoms with Crippen LogP contribution < -0.4 is 10.6 Å². The minimum atomic E-state index is -2.90. The van der Waals surface area contributed by atoms with Crippen molar-refractivity contribution in [2.75, 3.05) is 36.0 Å². The van der Waals surface area contributed by atoms with Crippen molar-refractivity contribution in [3.05, 3.63) is 30.1 Å². The number of rotatable bonds is 3. The van der Waals surface area contributed by atoms with Crippen molar-refractivity contribution in [2.24, 2.45) is 5.73 Å². The Bertz CT molecular complexity index is 747. The zero-order chi connectivity index (χ0) is 14.9. The first-order valence-electron chi connectivity index (χ1n) is 7.00. The Morgan fingerprint density at radius 1 is 1.14 bits per heavy atom. The minimum absolute atomic E-state index is 0.178. The first-order valence-corrected chi connectivity index (χ1v) is 8.82. The molecule has 21 heavy (non-hydrogen) atoms. The van der Waals surface area contributed by atoms with Gasteiger partial charge in [0.2, 0.25) is 0 Å². The first kappa shape index (κ1) is 14.2. The van der Waals surface area contributed by atoms with E-state index in [2.05, 4.69) is 9.97 Å². The maximum atomic E-state index is 11.6. The van der Waals surface area contributed by atoms with E-state index in [-0.39, 0.29) is 11.5 Å². The molecule has 0 aliphatic carbocycles. The van der Waals surface area contributed by atoms with E-state index in [1.807, 2.05) is 29.2 Å². The average molecular weight is 306 g/mol. The zero-order valence-corrected chi connectivity index (χ0v) is 12.5. The number of nitrogens with zero attached hydrogens (tertiary/aromatic N) is 3. The minimum Gasteiger partial charge on any atom is -0.354 e. The Balaban J connectivity index is 2.04. The lowest BCUT2D eigenvalue weighted by Gasteiger charge is -2.28. The molecule has 0 unspecified atom stereocenters. The van der Waals surface area contributed by atoms with Gasteiger partial charge in [-0.3, -0.25) is 0 Å². The second-order valence-electron chi connectivity index (χ2n) is 5.16. The van der Waals surface area contributed by atoms with Crippen LogP contribution in [0.5, 0.6) is 0 Å². The maximum Gasteiger partial charge on any atom is 0.153 e. The number of hydrogen-bond donors (Lipinski definition) is 1.